The molecule has 13 heavy (non-hydrogen) atoms. The van der Waals surface area contributed by atoms with E-state index in [0.29, 0.717) is 17.9 Å². The Hall–Kier alpha value is -1.68. The van der Waals surface area contributed by atoms with E-state index in [1.165, 1.54) is 6.08 Å². The first-order valence-electron chi connectivity index (χ1n) is 3.85. The van der Waals surface area contributed by atoms with Gasteiger partial charge in [-0.3, -0.25) is 9.78 Å². The fraction of sp³-hybridized carbons (Fsp3) is 0.111. The lowest BCUT2D eigenvalue weighted by Gasteiger charge is -2.05. The Labute approximate surface area is 76.5 Å². The van der Waals surface area contributed by atoms with Gasteiger partial charge in [0.15, 0.2) is 0 Å². The summed E-state index contributed by atoms with van der Waals surface area (Å²) in [6, 6.07) is 3.48. The molecule has 3 N–H and O–H groups in total. The van der Waals surface area contributed by atoms with Gasteiger partial charge in [-0.15, -0.1) is 0 Å². The van der Waals surface area contributed by atoms with Crippen LogP contribution in [0.2, 0.25) is 0 Å². The Bertz CT molecular complexity index is 322. The summed E-state index contributed by atoms with van der Waals surface area (Å²) in [4.78, 5) is 15.0. The fourth-order valence-corrected chi connectivity index (χ4v) is 0.898. The number of amides is 1. The molecule has 0 aliphatic heterocycles. The van der Waals surface area contributed by atoms with E-state index in [2.05, 4.69) is 16.9 Å². The van der Waals surface area contributed by atoms with Gasteiger partial charge in [0, 0.05) is 12.7 Å². The molecule has 1 rings (SSSR count). The monoisotopic (exact) mass is 177 g/mol. The molecule has 0 bridgehead atoms. The van der Waals surface area contributed by atoms with E-state index in [1.807, 2.05) is 0 Å². The lowest BCUT2D eigenvalue weighted by atomic mass is 10.3. The van der Waals surface area contributed by atoms with Crippen molar-refractivity contribution in [2.45, 2.75) is 6.54 Å². The third-order valence-electron chi connectivity index (χ3n) is 1.53. The second-order valence-electron chi connectivity index (χ2n) is 2.40. The van der Waals surface area contributed by atoms with Gasteiger partial charge in [-0.1, -0.05) is 6.58 Å². The van der Waals surface area contributed by atoms with Crippen LogP contribution in [0.5, 0.6) is 0 Å². The van der Waals surface area contributed by atoms with Crippen molar-refractivity contribution in [1.82, 2.24) is 4.98 Å². The van der Waals surface area contributed by atoms with Crippen LogP contribution in [-0.2, 0) is 11.3 Å². The number of pyridine rings is 1. The zero-order valence-corrected chi connectivity index (χ0v) is 7.16. The fourth-order valence-electron chi connectivity index (χ4n) is 0.898. The van der Waals surface area contributed by atoms with Crippen molar-refractivity contribution in [3.05, 3.63) is 36.7 Å². The van der Waals surface area contributed by atoms with Gasteiger partial charge >= 0.3 is 0 Å². The van der Waals surface area contributed by atoms with Gasteiger partial charge in [0.05, 0.1) is 11.4 Å². The third kappa shape index (κ3) is 2.38. The molecule has 0 fully saturated rings. The molecule has 1 aromatic heterocycles. The number of rotatable bonds is 3. The van der Waals surface area contributed by atoms with Crippen molar-refractivity contribution in [3.8, 4) is 0 Å². The van der Waals surface area contributed by atoms with E-state index in [0.717, 1.165) is 0 Å². The van der Waals surface area contributed by atoms with Gasteiger partial charge < -0.3 is 11.1 Å². The van der Waals surface area contributed by atoms with Crippen LogP contribution in [0.25, 0.3) is 0 Å². The van der Waals surface area contributed by atoms with E-state index < -0.39 is 0 Å². The summed E-state index contributed by atoms with van der Waals surface area (Å²) in [5.41, 5.74) is 6.73. The maximum atomic E-state index is 11.0. The zero-order valence-electron chi connectivity index (χ0n) is 7.16. The maximum absolute atomic E-state index is 11.0. The van der Waals surface area contributed by atoms with Crippen LogP contribution >= 0.6 is 0 Å². The van der Waals surface area contributed by atoms with Crippen LogP contribution in [0.1, 0.15) is 5.69 Å². The maximum Gasteiger partial charge on any atom is 0.247 e. The van der Waals surface area contributed by atoms with Crippen molar-refractivity contribution in [2.24, 2.45) is 5.73 Å². The van der Waals surface area contributed by atoms with Gasteiger partial charge in [-0.2, -0.15) is 0 Å². The Morgan fingerprint density at radius 2 is 2.54 bits per heavy atom. The summed E-state index contributed by atoms with van der Waals surface area (Å²) in [6.07, 6.45) is 2.83. The second-order valence-corrected chi connectivity index (χ2v) is 2.40. The Balaban J connectivity index is 2.86. The molecule has 1 heterocycles. The summed E-state index contributed by atoms with van der Waals surface area (Å²) in [5, 5.41) is 2.61. The van der Waals surface area contributed by atoms with Gasteiger partial charge in [0.2, 0.25) is 5.91 Å². The largest absolute Gasteiger partial charge is 0.325 e. The topological polar surface area (TPSA) is 68.0 Å². The average molecular weight is 177 g/mol. The second kappa shape index (κ2) is 4.37. The quantitative estimate of drug-likeness (QED) is 0.666. The number of nitrogens with two attached hydrogens (primary N) is 1. The minimum Gasteiger partial charge on any atom is -0.325 e. The molecule has 0 aliphatic carbocycles. The van der Waals surface area contributed by atoms with Crippen LogP contribution in [0.3, 0.4) is 0 Å². The molecule has 0 saturated carbocycles. The zero-order chi connectivity index (χ0) is 9.68. The summed E-state index contributed by atoms with van der Waals surface area (Å²) in [6.45, 7) is 3.65. The number of hydrogen-bond acceptors (Lipinski definition) is 3. The molecule has 0 spiro atoms. The van der Waals surface area contributed by atoms with Crippen LogP contribution in [0.15, 0.2) is 31.0 Å². The van der Waals surface area contributed by atoms with Crippen molar-refractivity contribution in [2.75, 3.05) is 5.32 Å². The Kier molecular flexibility index (Phi) is 3.16. The molecule has 0 unspecified atom stereocenters. The van der Waals surface area contributed by atoms with Crippen LogP contribution in [-0.4, -0.2) is 10.9 Å². The number of hydrogen-bond donors (Lipinski definition) is 2. The molecular weight excluding hydrogens is 166 g/mol. The molecule has 0 aliphatic rings. The summed E-state index contributed by atoms with van der Waals surface area (Å²) in [5.74, 6) is -0.261. The van der Waals surface area contributed by atoms with Gasteiger partial charge in [-0.05, 0) is 18.2 Å². The molecule has 4 nitrogen and oxygen atoms in total. The number of aromatic nitrogens is 1. The van der Waals surface area contributed by atoms with Crippen molar-refractivity contribution >= 4 is 11.6 Å². The predicted molar refractivity (Wildman–Crippen MR) is 51.0 cm³/mol. The highest BCUT2D eigenvalue weighted by Crippen LogP contribution is 2.10. The summed E-state index contributed by atoms with van der Waals surface area (Å²) >= 11 is 0. The first-order chi connectivity index (χ1) is 6.27. The van der Waals surface area contributed by atoms with E-state index in [4.69, 9.17) is 5.73 Å². The van der Waals surface area contributed by atoms with E-state index in [1.54, 1.807) is 18.3 Å². The molecule has 1 amide bonds. The lowest BCUT2D eigenvalue weighted by molar-refractivity contribution is -0.111. The lowest BCUT2D eigenvalue weighted by Crippen LogP contribution is -2.12. The average Bonchev–Trinajstić information content (AvgIpc) is 2.18. The number of carbonyl (C=O) groups is 1. The summed E-state index contributed by atoms with van der Waals surface area (Å²) in [7, 11) is 0. The summed E-state index contributed by atoms with van der Waals surface area (Å²) < 4.78 is 0. The minimum atomic E-state index is -0.261. The number of nitrogens with zero attached hydrogens (tertiary/aromatic N) is 1. The van der Waals surface area contributed by atoms with E-state index >= 15 is 0 Å². The SMILES string of the molecule is C=CC(=O)Nc1cccnc1CN. The van der Waals surface area contributed by atoms with Crippen LogP contribution < -0.4 is 11.1 Å². The molecular formula is C9H11N3O. The highest BCUT2D eigenvalue weighted by molar-refractivity contribution is 5.99. The first-order valence-corrected chi connectivity index (χ1v) is 3.85. The molecule has 0 atom stereocenters. The molecule has 68 valence electrons. The van der Waals surface area contributed by atoms with Crippen molar-refractivity contribution in [1.29, 1.82) is 0 Å². The Morgan fingerprint density at radius 3 is 3.15 bits per heavy atom. The third-order valence-corrected chi connectivity index (χ3v) is 1.53. The van der Waals surface area contributed by atoms with Gasteiger partial charge in [0.25, 0.3) is 0 Å². The van der Waals surface area contributed by atoms with Crippen LogP contribution in [0.4, 0.5) is 5.69 Å². The Morgan fingerprint density at radius 1 is 1.77 bits per heavy atom. The molecule has 1 aromatic rings. The highest BCUT2D eigenvalue weighted by atomic mass is 16.1. The smallest absolute Gasteiger partial charge is 0.247 e. The van der Waals surface area contributed by atoms with Crippen molar-refractivity contribution in [3.63, 3.8) is 0 Å². The van der Waals surface area contributed by atoms with Gasteiger partial charge in [-0.25, -0.2) is 0 Å². The molecule has 0 saturated heterocycles. The normalized spacial score (nSPS) is 9.31. The van der Waals surface area contributed by atoms with Crippen molar-refractivity contribution < 1.29 is 4.79 Å². The van der Waals surface area contributed by atoms with Crippen LogP contribution in [0, 0.1) is 0 Å². The van der Waals surface area contributed by atoms with E-state index in [9.17, 15) is 4.79 Å². The number of nitrogens with one attached hydrogen (secondary N) is 1. The first kappa shape index (κ1) is 9.41. The van der Waals surface area contributed by atoms with Gasteiger partial charge in [0.1, 0.15) is 0 Å². The number of anilines is 1. The standard InChI is InChI=1S/C9H11N3O/c1-2-9(13)12-7-4-3-5-11-8(7)6-10/h2-5H,1,6,10H2,(H,12,13). The number of carbonyl (C=O) groups excluding carboxylic acids is 1. The molecule has 4 heteroatoms. The predicted octanol–water partition coefficient (Wildman–Crippen LogP) is 0.665. The molecule has 0 radical (unpaired) electrons. The highest BCUT2D eigenvalue weighted by Gasteiger charge is 2.02. The minimum absolute atomic E-state index is 0.261. The molecule has 0 aromatic carbocycles. The van der Waals surface area contributed by atoms with E-state index in [-0.39, 0.29) is 5.91 Å².